The van der Waals surface area contributed by atoms with Crippen molar-refractivity contribution in [2.45, 2.75) is 0 Å². The standard InChI is InChI=1S/C12H7ClS/c1-2-9-7-10(3-4-12(9)13)11-5-6-14-8-11/h1,3-8H. The molecular formula is C12H7ClS. The number of thiophene rings is 1. The van der Waals surface area contributed by atoms with Crippen molar-refractivity contribution in [3.05, 3.63) is 45.6 Å². The van der Waals surface area contributed by atoms with Gasteiger partial charge in [0.1, 0.15) is 0 Å². The molecule has 0 saturated heterocycles. The SMILES string of the molecule is C#Cc1cc(-c2ccsc2)ccc1Cl. The van der Waals surface area contributed by atoms with Crippen molar-refractivity contribution in [2.75, 3.05) is 0 Å². The van der Waals surface area contributed by atoms with E-state index in [9.17, 15) is 0 Å². The Balaban J connectivity index is 2.53. The molecule has 0 saturated carbocycles. The Bertz CT molecular complexity index is 478. The van der Waals surface area contributed by atoms with Gasteiger partial charge in [0.15, 0.2) is 0 Å². The molecule has 0 bridgehead atoms. The Morgan fingerprint density at radius 3 is 2.71 bits per heavy atom. The third kappa shape index (κ3) is 1.68. The van der Waals surface area contributed by atoms with E-state index >= 15 is 0 Å². The molecule has 2 rings (SSSR count). The summed E-state index contributed by atoms with van der Waals surface area (Å²) < 4.78 is 0. The number of benzene rings is 1. The lowest BCUT2D eigenvalue weighted by molar-refractivity contribution is 1.63. The van der Waals surface area contributed by atoms with Crippen LogP contribution in [0.15, 0.2) is 35.0 Å². The van der Waals surface area contributed by atoms with Crippen LogP contribution in [0.3, 0.4) is 0 Å². The maximum atomic E-state index is 5.92. The van der Waals surface area contributed by atoms with Gasteiger partial charge in [0.25, 0.3) is 0 Å². The second kappa shape index (κ2) is 3.88. The van der Waals surface area contributed by atoms with Crippen molar-refractivity contribution in [3.8, 4) is 23.5 Å². The number of terminal acetylenes is 1. The van der Waals surface area contributed by atoms with E-state index in [1.807, 2.05) is 23.6 Å². The summed E-state index contributed by atoms with van der Waals surface area (Å²) in [6.07, 6.45) is 5.34. The van der Waals surface area contributed by atoms with Gasteiger partial charge in [-0.3, -0.25) is 0 Å². The van der Waals surface area contributed by atoms with Gasteiger partial charge >= 0.3 is 0 Å². The molecule has 0 radical (unpaired) electrons. The first-order valence-corrected chi connectivity index (χ1v) is 5.42. The van der Waals surface area contributed by atoms with Crippen molar-refractivity contribution in [2.24, 2.45) is 0 Å². The summed E-state index contributed by atoms with van der Waals surface area (Å²) in [4.78, 5) is 0. The van der Waals surface area contributed by atoms with Crippen LogP contribution in [0.25, 0.3) is 11.1 Å². The number of hydrogen-bond acceptors (Lipinski definition) is 1. The normalized spacial score (nSPS) is 9.71. The van der Waals surface area contributed by atoms with E-state index in [-0.39, 0.29) is 0 Å². The van der Waals surface area contributed by atoms with E-state index in [4.69, 9.17) is 18.0 Å². The summed E-state index contributed by atoms with van der Waals surface area (Å²) in [7, 11) is 0. The van der Waals surface area contributed by atoms with E-state index < -0.39 is 0 Å². The molecule has 14 heavy (non-hydrogen) atoms. The Morgan fingerprint density at radius 1 is 1.21 bits per heavy atom. The van der Waals surface area contributed by atoms with Gasteiger partial charge in [0.05, 0.1) is 5.02 Å². The first-order valence-electron chi connectivity index (χ1n) is 4.10. The van der Waals surface area contributed by atoms with Crippen molar-refractivity contribution in [1.82, 2.24) is 0 Å². The topological polar surface area (TPSA) is 0 Å². The molecule has 0 amide bonds. The fraction of sp³-hybridized carbons (Fsp3) is 0. The van der Waals surface area contributed by atoms with Crippen LogP contribution < -0.4 is 0 Å². The number of halogens is 1. The molecule has 1 aromatic carbocycles. The smallest absolute Gasteiger partial charge is 0.0562 e. The average molecular weight is 219 g/mol. The summed E-state index contributed by atoms with van der Waals surface area (Å²) in [5.41, 5.74) is 3.04. The summed E-state index contributed by atoms with van der Waals surface area (Å²) in [6, 6.07) is 7.81. The average Bonchev–Trinajstić information content (AvgIpc) is 2.71. The van der Waals surface area contributed by atoms with Crippen LogP contribution in [-0.4, -0.2) is 0 Å². The Labute approximate surface area is 92.2 Å². The van der Waals surface area contributed by atoms with Crippen LogP contribution in [0, 0.1) is 12.3 Å². The van der Waals surface area contributed by atoms with Crippen LogP contribution in [0.5, 0.6) is 0 Å². The lowest BCUT2D eigenvalue weighted by Gasteiger charge is -2.00. The van der Waals surface area contributed by atoms with Crippen LogP contribution in [0.4, 0.5) is 0 Å². The van der Waals surface area contributed by atoms with Crippen molar-refractivity contribution >= 4 is 22.9 Å². The second-order valence-electron chi connectivity index (χ2n) is 2.85. The number of hydrogen-bond donors (Lipinski definition) is 0. The van der Waals surface area contributed by atoms with Gasteiger partial charge in [-0.05, 0) is 40.1 Å². The number of rotatable bonds is 1. The molecule has 0 N–H and O–H groups in total. The first-order chi connectivity index (χ1) is 6.81. The summed E-state index contributed by atoms with van der Waals surface area (Å²) >= 11 is 7.59. The van der Waals surface area contributed by atoms with Gasteiger partial charge in [-0.15, -0.1) is 6.42 Å². The molecule has 68 valence electrons. The third-order valence-corrected chi connectivity index (χ3v) is 2.99. The predicted octanol–water partition coefficient (Wildman–Crippen LogP) is 4.05. The molecule has 2 heteroatoms. The zero-order valence-corrected chi connectivity index (χ0v) is 8.90. The van der Waals surface area contributed by atoms with Crippen molar-refractivity contribution in [3.63, 3.8) is 0 Å². The van der Waals surface area contributed by atoms with E-state index in [0.29, 0.717) is 5.02 Å². The van der Waals surface area contributed by atoms with Gasteiger partial charge in [0.2, 0.25) is 0 Å². The van der Waals surface area contributed by atoms with Gasteiger partial charge in [-0.1, -0.05) is 23.6 Å². The molecule has 0 atom stereocenters. The first kappa shape index (κ1) is 9.33. The molecule has 0 nitrogen and oxygen atoms in total. The third-order valence-electron chi connectivity index (χ3n) is 1.98. The highest BCUT2D eigenvalue weighted by atomic mass is 35.5. The minimum absolute atomic E-state index is 0.631. The fourth-order valence-electron chi connectivity index (χ4n) is 1.24. The molecule has 0 aliphatic heterocycles. The predicted molar refractivity (Wildman–Crippen MR) is 62.7 cm³/mol. The van der Waals surface area contributed by atoms with Crippen LogP contribution in [0.1, 0.15) is 5.56 Å². The molecule has 0 spiro atoms. The monoisotopic (exact) mass is 218 g/mol. The van der Waals surface area contributed by atoms with Crippen molar-refractivity contribution < 1.29 is 0 Å². The van der Waals surface area contributed by atoms with E-state index in [1.54, 1.807) is 11.3 Å². The largest absolute Gasteiger partial charge is 0.152 e. The van der Waals surface area contributed by atoms with E-state index in [1.165, 1.54) is 5.56 Å². The molecule has 0 aliphatic rings. The fourth-order valence-corrected chi connectivity index (χ4v) is 2.08. The minimum Gasteiger partial charge on any atom is -0.152 e. The lowest BCUT2D eigenvalue weighted by atomic mass is 10.1. The highest BCUT2D eigenvalue weighted by Gasteiger charge is 2.01. The molecular weight excluding hydrogens is 212 g/mol. The van der Waals surface area contributed by atoms with Crippen LogP contribution in [-0.2, 0) is 0 Å². The Morgan fingerprint density at radius 2 is 2.07 bits per heavy atom. The summed E-state index contributed by atoms with van der Waals surface area (Å²) in [6.45, 7) is 0. The molecule has 2 aromatic rings. The van der Waals surface area contributed by atoms with Gasteiger partial charge in [0, 0.05) is 5.56 Å². The van der Waals surface area contributed by atoms with Crippen LogP contribution in [0.2, 0.25) is 5.02 Å². The quantitative estimate of drug-likeness (QED) is 0.634. The van der Waals surface area contributed by atoms with Crippen molar-refractivity contribution in [1.29, 1.82) is 0 Å². The molecule has 0 fully saturated rings. The highest BCUT2D eigenvalue weighted by molar-refractivity contribution is 7.08. The molecule has 0 aliphatic carbocycles. The second-order valence-corrected chi connectivity index (χ2v) is 4.04. The van der Waals surface area contributed by atoms with Crippen LogP contribution >= 0.6 is 22.9 Å². The Hall–Kier alpha value is -1.23. The maximum absolute atomic E-state index is 5.92. The Kier molecular flexibility index (Phi) is 2.58. The van der Waals surface area contributed by atoms with Gasteiger partial charge in [-0.2, -0.15) is 11.3 Å². The zero-order valence-electron chi connectivity index (χ0n) is 7.33. The zero-order chi connectivity index (χ0) is 9.97. The van der Waals surface area contributed by atoms with Gasteiger partial charge in [-0.25, -0.2) is 0 Å². The molecule has 1 heterocycles. The maximum Gasteiger partial charge on any atom is 0.0562 e. The molecule has 0 unspecified atom stereocenters. The van der Waals surface area contributed by atoms with Gasteiger partial charge < -0.3 is 0 Å². The highest BCUT2D eigenvalue weighted by Crippen LogP contribution is 2.26. The summed E-state index contributed by atoms with van der Waals surface area (Å²) in [5.74, 6) is 2.57. The van der Waals surface area contributed by atoms with E-state index in [0.717, 1.165) is 11.1 Å². The summed E-state index contributed by atoms with van der Waals surface area (Å²) in [5, 5.41) is 4.76. The minimum atomic E-state index is 0.631. The lowest BCUT2D eigenvalue weighted by Crippen LogP contribution is -1.79. The molecule has 1 aromatic heterocycles. The van der Waals surface area contributed by atoms with E-state index in [2.05, 4.69) is 17.4 Å².